The van der Waals surface area contributed by atoms with Crippen LogP contribution in [0.15, 0.2) is 36.9 Å². The van der Waals surface area contributed by atoms with Gasteiger partial charge >= 0.3 is 5.97 Å². The van der Waals surface area contributed by atoms with Gasteiger partial charge in [0, 0.05) is 12.5 Å². The Labute approximate surface area is 185 Å². The molecule has 0 fully saturated rings. The Hall–Kier alpha value is -3.05. The van der Waals surface area contributed by atoms with Gasteiger partial charge in [-0.2, -0.15) is 0 Å². The van der Waals surface area contributed by atoms with E-state index in [0.717, 1.165) is 19.3 Å². The predicted octanol–water partition coefficient (Wildman–Crippen LogP) is 5.19. The third-order valence-electron chi connectivity index (χ3n) is 4.54. The number of rotatable bonds is 12. The zero-order chi connectivity index (χ0) is 22.9. The number of ether oxygens (including phenoxy) is 1. The summed E-state index contributed by atoms with van der Waals surface area (Å²) < 4.78 is 18.1. The summed E-state index contributed by atoms with van der Waals surface area (Å²) in [4.78, 5) is 23.5. The highest BCUT2D eigenvalue weighted by molar-refractivity contribution is 5.94. The average molecular weight is 426 g/mol. The molecule has 0 aliphatic carbocycles. The standard InChI is InChI=1S/C26H32FNO3/c1-4-6-7-8-9-10-11-14-24(15-12-13-16-25(5-2)31-21(3)29)28-26(30)22-17-19-23(27)20-18-22/h5,17-20,24-25H,2,4,6-11,14H2,1,3H3,(H,28,30)/t24-,25+/m1/s1. The number of nitrogens with one attached hydrogen (secondary N) is 1. The van der Waals surface area contributed by atoms with Crippen molar-refractivity contribution < 1.29 is 18.7 Å². The van der Waals surface area contributed by atoms with Crippen molar-refractivity contribution in [2.75, 3.05) is 0 Å². The van der Waals surface area contributed by atoms with Gasteiger partial charge in [0.2, 0.25) is 0 Å². The van der Waals surface area contributed by atoms with Crippen LogP contribution in [0.2, 0.25) is 0 Å². The Kier molecular flexibility index (Phi) is 13.2. The maximum atomic E-state index is 13.1. The molecule has 0 radical (unpaired) electrons. The van der Waals surface area contributed by atoms with Crippen molar-refractivity contribution in [1.82, 2.24) is 5.32 Å². The van der Waals surface area contributed by atoms with E-state index in [1.165, 1.54) is 62.9 Å². The molecule has 0 aromatic heterocycles. The summed E-state index contributed by atoms with van der Waals surface area (Å²) in [5.41, 5.74) is 0.375. The summed E-state index contributed by atoms with van der Waals surface area (Å²) in [6.45, 7) is 7.06. The third kappa shape index (κ3) is 12.3. The van der Waals surface area contributed by atoms with Crippen LogP contribution in [-0.4, -0.2) is 24.0 Å². The molecule has 31 heavy (non-hydrogen) atoms. The molecule has 1 rings (SSSR count). The first-order chi connectivity index (χ1) is 15.0. The van der Waals surface area contributed by atoms with Gasteiger partial charge in [-0.3, -0.25) is 9.59 Å². The molecule has 0 unspecified atom stereocenters. The average Bonchev–Trinajstić information content (AvgIpc) is 2.74. The van der Waals surface area contributed by atoms with Crippen molar-refractivity contribution in [1.29, 1.82) is 0 Å². The second-order valence-corrected chi connectivity index (χ2v) is 7.25. The van der Waals surface area contributed by atoms with Crippen molar-refractivity contribution >= 4 is 11.9 Å². The van der Waals surface area contributed by atoms with Crippen molar-refractivity contribution in [3.05, 3.63) is 48.3 Å². The lowest BCUT2D eigenvalue weighted by molar-refractivity contribution is -0.142. The van der Waals surface area contributed by atoms with Crippen molar-refractivity contribution in [2.45, 2.75) is 77.4 Å². The van der Waals surface area contributed by atoms with E-state index < -0.39 is 17.9 Å². The zero-order valence-corrected chi connectivity index (χ0v) is 18.5. The van der Waals surface area contributed by atoms with Gasteiger partial charge in [0.1, 0.15) is 5.82 Å². The maximum absolute atomic E-state index is 13.1. The van der Waals surface area contributed by atoms with Crippen molar-refractivity contribution in [3.63, 3.8) is 0 Å². The van der Waals surface area contributed by atoms with E-state index in [1.807, 2.05) is 0 Å². The molecule has 0 aliphatic heterocycles. The number of esters is 1. The van der Waals surface area contributed by atoms with E-state index in [-0.39, 0.29) is 11.9 Å². The first-order valence-electron chi connectivity index (χ1n) is 10.8. The molecule has 0 saturated heterocycles. The lowest BCUT2D eigenvalue weighted by atomic mass is 10.0. The van der Waals surface area contributed by atoms with Crippen LogP contribution >= 0.6 is 0 Å². The van der Waals surface area contributed by atoms with Crippen LogP contribution in [0.3, 0.4) is 0 Å². The lowest BCUT2D eigenvalue weighted by Crippen LogP contribution is -2.33. The molecule has 1 aromatic carbocycles. The Bertz CT molecular complexity index is 824. The van der Waals surface area contributed by atoms with Crippen LogP contribution in [0.25, 0.3) is 0 Å². The second-order valence-electron chi connectivity index (χ2n) is 7.25. The third-order valence-corrected chi connectivity index (χ3v) is 4.54. The first kappa shape index (κ1) is 26.0. The number of carbonyl (C=O) groups excluding carboxylic acids is 2. The molecule has 166 valence electrons. The highest BCUT2D eigenvalue weighted by Gasteiger charge is 2.12. The van der Waals surface area contributed by atoms with Gasteiger partial charge in [-0.15, -0.1) is 0 Å². The minimum Gasteiger partial charge on any atom is -0.445 e. The summed E-state index contributed by atoms with van der Waals surface area (Å²) >= 11 is 0. The summed E-state index contributed by atoms with van der Waals surface area (Å²) in [5, 5.41) is 2.89. The quantitative estimate of drug-likeness (QED) is 0.217. The summed E-state index contributed by atoms with van der Waals surface area (Å²) in [6.07, 6.45) is 9.53. The van der Waals surface area contributed by atoms with E-state index in [1.54, 1.807) is 0 Å². The molecule has 0 heterocycles. The second kappa shape index (κ2) is 15.7. The highest BCUT2D eigenvalue weighted by Crippen LogP contribution is 2.10. The Morgan fingerprint density at radius 3 is 2.29 bits per heavy atom. The van der Waals surface area contributed by atoms with Gasteiger partial charge in [0.25, 0.3) is 5.91 Å². The van der Waals surface area contributed by atoms with Gasteiger partial charge in [-0.25, -0.2) is 4.39 Å². The van der Waals surface area contributed by atoms with Gasteiger partial charge in [-0.1, -0.05) is 64.4 Å². The highest BCUT2D eigenvalue weighted by atomic mass is 19.1. The number of hydrogen-bond acceptors (Lipinski definition) is 3. The van der Waals surface area contributed by atoms with E-state index in [9.17, 15) is 14.0 Å². The number of halogens is 1. The van der Waals surface area contributed by atoms with Gasteiger partial charge in [0.15, 0.2) is 6.10 Å². The monoisotopic (exact) mass is 425 g/mol. The molecule has 1 N–H and O–H groups in total. The fraction of sp³-hybridized carbons (Fsp3) is 0.462. The summed E-state index contributed by atoms with van der Waals surface area (Å²) in [6, 6.07) is 5.01. The SMILES string of the molecule is C=C[C@@H](C#CC#C[C@@H](CCCCCCCCC)NC(=O)c1ccc(F)cc1)OC(C)=O. The van der Waals surface area contributed by atoms with Crippen LogP contribution in [0.5, 0.6) is 0 Å². The molecule has 0 bridgehead atoms. The minimum absolute atomic E-state index is 0.306. The molecule has 1 amide bonds. The van der Waals surface area contributed by atoms with Gasteiger partial charge in [-0.05, 0) is 54.5 Å². The molecule has 4 nitrogen and oxygen atoms in total. The summed E-state index contributed by atoms with van der Waals surface area (Å²) in [5.74, 6) is 9.92. The molecule has 0 saturated carbocycles. The van der Waals surface area contributed by atoms with E-state index >= 15 is 0 Å². The Balaban J connectivity index is 2.71. The number of benzene rings is 1. The van der Waals surface area contributed by atoms with Crippen LogP contribution in [0.1, 0.15) is 75.6 Å². The van der Waals surface area contributed by atoms with E-state index in [2.05, 4.69) is 42.5 Å². The van der Waals surface area contributed by atoms with Crippen molar-refractivity contribution in [3.8, 4) is 23.7 Å². The Morgan fingerprint density at radius 1 is 1.06 bits per heavy atom. The normalized spacial score (nSPS) is 11.7. The molecular weight excluding hydrogens is 393 g/mol. The predicted molar refractivity (Wildman–Crippen MR) is 122 cm³/mol. The first-order valence-corrected chi connectivity index (χ1v) is 10.8. The lowest BCUT2D eigenvalue weighted by Gasteiger charge is -2.13. The minimum atomic E-state index is -0.720. The molecule has 2 atom stereocenters. The summed E-state index contributed by atoms with van der Waals surface area (Å²) in [7, 11) is 0. The molecular formula is C26H32FNO3. The number of amides is 1. The molecule has 0 aliphatic rings. The molecule has 0 spiro atoms. The largest absolute Gasteiger partial charge is 0.445 e. The van der Waals surface area contributed by atoms with E-state index in [0.29, 0.717) is 12.0 Å². The smallest absolute Gasteiger partial charge is 0.304 e. The van der Waals surface area contributed by atoms with E-state index in [4.69, 9.17) is 4.74 Å². The molecule has 5 heteroatoms. The molecule has 1 aromatic rings. The number of hydrogen-bond donors (Lipinski definition) is 1. The maximum Gasteiger partial charge on any atom is 0.304 e. The fourth-order valence-corrected chi connectivity index (χ4v) is 2.87. The van der Waals surface area contributed by atoms with Gasteiger partial charge in [0.05, 0.1) is 6.04 Å². The number of unbranched alkanes of at least 4 members (excludes halogenated alkanes) is 6. The van der Waals surface area contributed by atoms with Crippen LogP contribution < -0.4 is 5.32 Å². The topological polar surface area (TPSA) is 55.4 Å². The van der Waals surface area contributed by atoms with Gasteiger partial charge < -0.3 is 10.1 Å². The van der Waals surface area contributed by atoms with Crippen LogP contribution in [0.4, 0.5) is 4.39 Å². The number of carbonyl (C=O) groups is 2. The fourth-order valence-electron chi connectivity index (χ4n) is 2.87. The van der Waals surface area contributed by atoms with Crippen LogP contribution in [0, 0.1) is 29.5 Å². The zero-order valence-electron chi connectivity index (χ0n) is 18.5. The Morgan fingerprint density at radius 2 is 1.68 bits per heavy atom. The van der Waals surface area contributed by atoms with Crippen molar-refractivity contribution in [2.24, 2.45) is 0 Å². The van der Waals surface area contributed by atoms with Crippen LogP contribution in [-0.2, 0) is 9.53 Å².